The summed E-state index contributed by atoms with van der Waals surface area (Å²) in [6.07, 6.45) is 1.78. The van der Waals surface area contributed by atoms with E-state index in [2.05, 4.69) is 10.1 Å². The van der Waals surface area contributed by atoms with E-state index in [4.69, 9.17) is 16.1 Å². The number of alkyl halides is 1. The Morgan fingerprint density at radius 2 is 2.36 bits per heavy atom. The maximum absolute atomic E-state index is 5.64. The average molecular weight is 313 g/mol. The Kier molecular flexibility index (Phi) is 3.08. The van der Waals surface area contributed by atoms with Gasteiger partial charge in [-0.1, -0.05) is 0 Å². The van der Waals surface area contributed by atoms with Crippen molar-refractivity contribution >= 4 is 37.8 Å². The number of hydrogen-bond acceptors (Lipinski definition) is 3. The van der Waals surface area contributed by atoms with Crippen molar-refractivity contribution in [2.24, 2.45) is 0 Å². The molecule has 0 atom stereocenters. The van der Waals surface area contributed by atoms with Gasteiger partial charge in [-0.2, -0.15) is 0 Å². The van der Waals surface area contributed by atoms with Gasteiger partial charge in [-0.05, 0) is 0 Å². The van der Waals surface area contributed by atoms with Crippen molar-refractivity contribution < 1.29 is 4.52 Å². The van der Waals surface area contributed by atoms with Gasteiger partial charge in [-0.25, -0.2) is 0 Å². The van der Waals surface area contributed by atoms with Crippen molar-refractivity contribution in [1.82, 2.24) is 10.1 Å². The maximum atomic E-state index is 5.64. The fraction of sp³-hybridized carbons (Fsp3) is 0.111. The number of halogens is 1. The van der Waals surface area contributed by atoms with E-state index in [0.29, 0.717) is 5.88 Å². The number of aromatic nitrogens is 2. The second-order valence-electron chi connectivity index (χ2n) is 2.75. The molecule has 0 fully saturated rings. The fourth-order valence-electron chi connectivity index (χ4n) is 1.13. The molecule has 0 aliphatic carbocycles. The van der Waals surface area contributed by atoms with Crippen LogP contribution in [0.1, 0.15) is 5.69 Å². The average Bonchev–Trinajstić information content (AvgIpc) is 2.67. The van der Waals surface area contributed by atoms with Crippen LogP contribution < -0.4 is 3.71 Å². The van der Waals surface area contributed by atoms with E-state index in [0.717, 1.165) is 43.3 Å². The monoisotopic (exact) mass is 314 g/mol. The van der Waals surface area contributed by atoms with Crippen LogP contribution in [-0.2, 0) is 5.88 Å². The van der Waals surface area contributed by atoms with Gasteiger partial charge in [0.1, 0.15) is 0 Å². The molecule has 5 heteroatoms. The van der Waals surface area contributed by atoms with Crippen molar-refractivity contribution in [3.8, 4) is 11.3 Å². The van der Waals surface area contributed by atoms with Crippen molar-refractivity contribution in [3.05, 3.63) is 30.1 Å². The number of hydrogen-bond donors (Lipinski definition) is 0. The Labute approximate surface area is 99.6 Å². The third kappa shape index (κ3) is 1.93. The van der Waals surface area contributed by atoms with Crippen LogP contribution in [-0.4, -0.2) is 32.7 Å². The summed E-state index contributed by atoms with van der Waals surface area (Å²) in [6.45, 7) is 0. The minimum absolute atomic E-state index is 0.375. The minimum atomic E-state index is 0.375. The van der Waals surface area contributed by atoms with Crippen molar-refractivity contribution in [2.75, 3.05) is 0 Å². The fourth-order valence-corrected chi connectivity index (χ4v) is 2.18. The molecule has 0 saturated carbocycles. The quantitative estimate of drug-likeness (QED) is 0.613. The molecule has 0 aromatic carbocycles. The van der Waals surface area contributed by atoms with E-state index in [1.807, 2.05) is 18.2 Å². The van der Waals surface area contributed by atoms with Crippen molar-refractivity contribution in [1.29, 1.82) is 0 Å². The summed E-state index contributed by atoms with van der Waals surface area (Å²) in [5, 5.41) is 3.83. The molecule has 0 spiro atoms. The van der Waals surface area contributed by atoms with Gasteiger partial charge >= 0.3 is 99.8 Å². The predicted octanol–water partition coefficient (Wildman–Crippen LogP) is 1.00. The van der Waals surface area contributed by atoms with Crippen LogP contribution in [0.4, 0.5) is 0 Å². The Balaban J connectivity index is 2.44. The molecule has 2 rings (SSSR count). The molecule has 0 N–H and O–H groups in total. The van der Waals surface area contributed by atoms with Crippen LogP contribution in [0.5, 0.6) is 0 Å². The summed E-state index contributed by atoms with van der Waals surface area (Å²) in [7, 11) is 0. The zero-order valence-electron chi connectivity index (χ0n) is 7.27. The van der Waals surface area contributed by atoms with E-state index in [1.54, 1.807) is 6.20 Å². The van der Waals surface area contributed by atoms with E-state index in [9.17, 15) is 0 Å². The number of pyridine rings is 1. The summed E-state index contributed by atoms with van der Waals surface area (Å²) in [5.74, 6) is 1.12. The SMILES string of the molecule is ClCc1cc(-c2cccn[c]2[SnH])on1. The second-order valence-corrected chi connectivity index (χ2v) is 4.58. The molecule has 0 aliphatic heterocycles. The third-order valence-corrected chi connectivity index (χ3v) is 3.39. The Bertz CT molecular complexity index is 444. The van der Waals surface area contributed by atoms with Crippen LogP contribution in [0.2, 0.25) is 0 Å². The van der Waals surface area contributed by atoms with Gasteiger partial charge in [0, 0.05) is 0 Å². The van der Waals surface area contributed by atoms with Crippen LogP contribution in [0.3, 0.4) is 0 Å². The number of nitrogens with zero attached hydrogens (tertiary/aromatic N) is 2. The van der Waals surface area contributed by atoms with Gasteiger partial charge in [0.05, 0.1) is 0 Å². The zero-order valence-corrected chi connectivity index (χ0v) is 11.3. The molecular formula is C9H7ClN2OSn. The van der Waals surface area contributed by atoms with E-state index in [-0.39, 0.29) is 0 Å². The van der Waals surface area contributed by atoms with Gasteiger partial charge < -0.3 is 0 Å². The first-order chi connectivity index (χ1) is 6.81. The molecule has 0 bridgehead atoms. The van der Waals surface area contributed by atoms with Gasteiger partial charge in [0.2, 0.25) is 0 Å². The molecule has 70 valence electrons. The standard InChI is InChI=1S/C9H6ClN2O.Sn.H/c10-5-8-4-9(13-12-8)7-2-1-3-11-6-7;;/h1-4H,5H2;;. The summed E-state index contributed by atoms with van der Waals surface area (Å²) in [5.41, 5.74) is 1.77. The van der Waals surface area contributed by atoms with Crippen LogP contribution in [0, 0.1) is 0 Å². The van der Waals surface area contributed by atoms with Crippen LogP contribution in [0.15, 0.2) is 28.9 Å². The molecule has 2 aromatic heterocycles. The predicted molar refractivity (Wildman–Crippen MR) is 56.1 cm³/mol. The molecule has 0 aliphatic rings. The summed E-state index contributed by atoms with van der Waals surface area (Å²) in [4.78, 5) is 4.23. The molecule has 2 heterocycles. The van der Waals surface area contributed by atoms with Crippen molar-refractivity contribution in [2.45, 2.75) is 5.88 Å². The van der Waals surface area contributed by atoms with Gasteiger partial charge in [-0.15, -0.1) is 0 Å². The molecule has 0 unspecified atom stereocenters. The van der Waals surface area contributed by atoms with Gasteiger partial charge in [0.25, 0.3) is 0 Å². The molecule has 2 aromatic rings. The zero-order chi connectivity index (χ0) is 9.97. The third-order valence-electron chi connectivity index (χ3n) is 1.80. The van der Waals surface area contributed by atoms with Crippen LogP contribution in [0.25, 0.3) is 11.3 Å². The first-order valence-corrected chi connectivity index (χ1v) is 6.22. The molecule has 14 heavy (non-hydrogen) atoms. The van der Waals surface area contributed by atoms with E-state index in [1.165, 1.54) is 0 Å². The topological polar surface area (TPSA) is 38.9 Å². The summed E-state index contributed by atoms with van der Waals surface area (Å²) >= 11 is 6.59. The Morgan fingerprint density at radius 1 is 1.50 bits per heavy atom. The second kappa shape index (κ2) is 4.31. The molecule has 3 nitrogen and oxygen atoms in total. The summed E-state index contributed by atoms with van der Waals surface area (Å²) in [6, 6.07) is 5.72. The molecule has 0 saturated heterocycles. The Hall–Kier alpha value is -0.551. The van der Waals surface area contributed by atoms with Gasteiger partial charge in [-0.3, -0.25) is 0 Å². The first kappa shape index (κ1) is 9.98. The van der Waals surface area contributed by atoms with Crippen molar-refractivity contribution in [3.63, 3.8) is 0 Å². The molecule has 0 amide bonds. The van der Waals surface area contributed by atoms with Crippen LogP contribution >= 0.6 is 11.6 Å². The normalized spacial score (nSPS) is 10.4. The van der Waals surface area contributed by atoms with E-state index < -0.39 is 0 Å². The van der Waals surface area contributed by atoms with E-state index >= 15 is 0 Å². The summed E-state index contributed by atoms with van der Waals surface area (Å²) < 4.78 is 6.22. The number of rotatable bonds is 2. The Morgan fingerprint density at radius 3 is 3.00 bits per heavy atom. The van der Waals surface area contributed by atoms with Gasteiger partial charge in [0.15, 0.2) is 0 Å². The first-order valence-electron chi connectivity index (χ1n) is 4.03. The molecular weight excluding hydrogens is 306 g/mol. The molecule has 2 radical (unpaired) electrons.